The lowest BCUT2D eigenvalue weighted by molar-refractivity contribution is 0.477. The predicted octanol–water partition coefficient (Wildman–Crippen LogP) is 4.00. The monoisotopic (exact) mass is 269 g/mol. The van der Waals surface area contributed by atoms with E-state index in [-0.39, 0.29) is 0 Å². The number of nitrogens with zero attached hydrogens (tertiary/aromatic N) is 3. The van der Waals surface area contributed by atoms with Crippen molar-refractivity contribution in [3.8, 4) is 0 Å². The molecule has 0 unspecified atom stereocenters. The van der Waals surface area contributed by atoms with Crippen molar-refractivity contribution < 1.29 is 0 Å². The highest BCUT2D eigenvalue weighted by atomic mass is 15.3. The summed E-state index contributed by atoms with van der Waals surface area (Å²) in [6.45, 7) is 3.23. The Bertz CT molecular complexity index is 212. The molecule has 0 amide bonds. The van der Waals surface area contributed by atoms with Gasteiger partial charge >= 0.3 is 0 Å². The van der Waals surface area contributed by atoms with Gasteiger partial charge in [0.05, 0.1) is 0 Å². The minimum Gasteiger partial charge on any atom is -0.349 e. The minimum atomic E-state index is 0.960. The zero-order valence-electron chi connectivity index (χ0n) is 13.9. The largest absolute Gasteiger partial charge is 0.349 e. The summed E-state index contributed by atoms with van der Waals surface area (Å²) in [6.07, 6.45) is 12.4. The van der Waals surface area contributed by atoms with Crippen molar-refractivity contribution >= 4 is 5.96 Å². The maximum atomic E-state index is 4.65. The molecule has 0 spiro atoms. The Morgan fingerprint density at radius 3 is 1.53 bits per heavy atom. The number of hydrogen-bond acceptors (Lipinski definition) is 1. The van der Waals surface area contributed by atoms with Gasteiger partial charge in [0.15, 0.2) is 5.96 Å². The molecule has 0 N–H and O–H groups in total. The molecule has 0 heterocycles. The molecule has 0 aliphatic rings. The van der Waals surface area contributed by atoms with Gasteiger partial charge in [-0.15, -0.1) is 0 Å². The third-order valence-corrected chi connectivity index (χ3v) is 3.31. The van der Waals surface area contributed by atoms with Crippen LogP contribution in [0.3, 0.4) is 0 Å². The molecule has 0 saturated carbocycles. The lowest BCUT2D eigenvalue weighted by atomic mass is 10.1. The highest BCUT2D eigenvalue weighted by molar-refractivity contribution is 5.79. The van der Waals surface area contributed by atoms with Crippen LogP contribution < -0.4 is 0 Å². The third kappa shape index (κ3) is 10.8. The van der Waals surface area contributed by atoms with E-state index >= 15 is 0 Å². The molecular weight excluding hydrogens is 234 g/mol. The first kappa shape index (κ1) is 18.3. The first-order valence-electron chi connectivity index (χ1n) is 7.98. The number of guanidine groups is 1. The van der Waals surface area contributed by atoms with Gasteiger partial charge in [-0.2, -0.15) is 0 Å². The number of aliphatic imine (C=N–C) groups is 1. The van der Waals surface area contributed by atoms with Crippen LogP contribution in [0, 0.1) is 0 Å². The SMILES string of the molecule is CCCCCCCCCCCN=C(N(C)C)N(C)C. The van der Waals surface area contributed by atoms with E-state index in [2.05, 4.69) is 49.9 Å². The molecule has 19 heavy (non-hydrogen) atoms. The van der Waals surface area contributed by atoms with Crippen molar-refractivity contribution in [2.24, 2.45) is 4.99 Å². The summed E-state index contributed by atoms with van der Waals surface area (Å²) in [5, 5.41) is 0. The summed E-state index contributed by atoms with van der Waals surface area (Å²) >= 11 is 0. The Morgan fingerprint density at radius 2 is 1.11 bits per heavy atom. The zero-order valence-corrected chi connectivity index (χ0v) is 13.9. The Balaban J connectivity index is 3.46. The second-order valence-corrected chi connectivity index (χ2v) is 5.80. The second-order valence-electron chi connectivity index (χ2n) is 5.80. The molecule has 0 radical (unpaired) electrons. The van der Waals surface area contributed by atoms with Gasteiger partial charge in [-0.3, -0.25) is 4.99 Å². The van der Waals surface area contributed by atoms with Gasteiger partial charge in [0.1, 0.15) is 0 Å². The highest BCUT2D eigenvalue weighted by Gasteiger charge is 2.02. The fraction of sp³-hybridized carbons (Fsp3) is 0.938. The quantitative estimate of drug-likeness (QED) is 0.339. The zero-order chi connectivity index (χ0) is 14.5. The summed E-state index contributed by atoms with van der Waals surface area (Å²) in [6, 6.07) is 0. The molecular formula is C16H35N3. The fourth-order valence-electron chi connectivity index (χ4n) is 2.28. The van der Waals surface area contributed by atoms with Crippen molar-refractivity contribution in [1.82, 2.24) is 9.80 Å². The van der Waals surface area contributed by atoms with Crippen LogP contribution in [0.15, 0.2) is 4.99 Å². The molecule has 0 aliphatic heterocycles. The molecule has 3 heteroatoms. The Labute approximate surface area is 121 Å². The first-order valence-corrected chi connectivity index (χ1v) is 7.98. The van der Waals surface area contributed by atoms with Gasteiger partial charge in [-0.05, 0) is 6.42 Å². The fourth-order valence-corrected chi connectivity index (χ4v) is 2.28. The Kier molecular flexibility index (Phi) is 11.8. The normalized spacial score (nSPS) is 10.4. The second kappa shape index (κ2) is 12.3. The van der Waals surface area contributed by atoms with Crippen LogP contribution >= 0.6 is 0 Å². The van der Waals surface area contributed by atoms with Crippen molar-refractivity contribution in [3.63, 3.8) is 0 Å². The highest BCUT2D eigenvalue weighted by Crippen LogP contribution is 2.09. The van der Waals surface area contributed by atoms with E-state index in [9.17, 15) is 0 Å². The maximum absolute atomic E-state index is 4.65. The van der Waals surface area contributed by atoms with Crippen molar-refractivity contribution in [2.75, 3.05) is 34.7 Å². The number of rotatable bonds is 10. The van der Waals surface area contributed by atoms with E-state index in [1.54, 1.807) is 0 Å². The molecule has 114 valence electrons. The van der Waals surface area contributed by atoms with Crippen molar-refractivity contribution in [1.29, 1.82) is 0 Å². The summed E-state index contributed by atoms with van der Waals surface area (Å²) in [7, 11) is 8.20. The van der Waals surface area contributed by atoms with Crippen LogP contribution in [0.25, 0.3) is 0 Å². The molecule has 0 aliphatic carbocycles. The van der Waals surface area contributed by atoms with Crippen LogP contribution in [-0.4, -0.2) is 50.5 Å². The van der Waals surface area contributed by atoms with E-state index in [0.717, 1.165) is 12.5 Å². The maximum Gasteiger partial charge on any atom is 0.195 e. The average Bonchev–Trinajstić information content (AvgIpc) is 2.35. The minimum absolute atomic E-state index is 0.960. The molecule has 0 aromatic carbocycles. The molecule has 0 atom stereocenters. The van der Waals surface area contributed by atoms with E-state index < -0.39 is 0 Å². The average molecular weight is 269 g/mol. The van der Waals surface area contributed by atoms with Gasteiger partial charge in [0.25, 0.3) is 0 Å². The van der Waals surface area contributed by atoms with Gasteiger partial charge < -0.3 is 9.80 Å². The van der Waals surface area contributed by atoms with Gasteiger partial charge in [0.2, 0.25) is 0 Å². The van der Waals surface area contributed by atoms with Crippen molar-refractivity contribution in [3.05, 3.63) is 0 Å². The van der Waals surface area contributed by atoms with E-state index in [0.29, 0.717) is 0 Å². The summed E-state index contributed by atoms with van der Waals surface area (Å²) in [4.78, 5) is 8.80. The predicted molar refractivity (Wildman–Crippen MR) is 86.9 cm³/mol. The van der Waals surface area contributed by atoms with Crippen LogP contribution in [-0.2, 0) is 0 Å². The molecule has 0 aromatic heterocycles. The molecule has 0 saturated heterocycles. The van der Waals surface area contributed by atoms with Crippen LogP contribution in [0.5, 0.6) is 0 Å². The first-order chi connectivity index (χ1) is 9.09. The Morgan fingerprint density at radius 1 is 0.684 bits per heavy atom. The summed E-state index contributed by atoms with van der Waals surface area (Å²) in [5.74, 6) is 1.07. The number of unbranched alkanes of at least 4 members (excludes halogenated alkanes) is 8. The van der Waals surface area contributed by atoms with Crippen LogP contribution in [0.1, 0.15) is 64.7 Å². The molecule has 0 fully saturated rings. The van der Waals surface area contributed by atoms with E-state index in [1.807, 2.05) is 0 Å². The van der Waals surface area contributed by atoms with Gasteiger partial charge in [0, 0.05) is 34.7 Å². The topological polar surface area (TPSA) is 18.8 Å². The lowest BCUT2D eigenvalue weighted by Gasteiger charge is -2.22. The molecule has 0 rings (SSSR count). The molecule has 0 bridgehead atoms. The summed E-state index contributed by atoms with van der Waals surface area (Å²) in [5.41, 5.74) is 0. The van der Waals surface area contributed by atoms with E-state index in [1.165, 1.54) is 57.8 Å². The van der Waals surface area contributed by atoms with Crippen LogP contribution in [0.4, 0.5) is 0 Å². The Hall–Kier alpha value is -0.730. The smallest absolute Gasteiger partial charge is 0.195 e. The van der Waals surface area contributed by atoms with Crippen molar-refractivity contribution in [2.45, 2.75) is 64.7 Å². The van der Waals surface area contributed by atoms with Crippen LogP contribution in [0.2, 0.25) is 0 Å². The molecule has 3 nitrogen and oxygen atoms in total. The number of hydrogen-bond donors (Lipinski definition) is 0. The summed E-state index contributed by atoms with van der Waals surface area (Å²) < 4.78 is 0. The molecule has 0 aromatic rings. The van der Waals surface area contributed by atoms with E-state index in [4.69, 9.17) is 0 Å². The van der Waals surface area contributed by atoms with Gasteiger partial charge in [-0.25, -0.2) is 0 Å². The van der Waals surface area contributed by atoms with Gasteiger partial charge in [-0.1, -0.05) is 58.3 Å². The third-order valence-electron chi connectivity index (χ3n) is 3.31. The lowest BCUT2D eigenvalue weighted by Crippen LogP contribution is -2.35. The standard InChI is InChI=1S/C16H35N3/c1-6-7-8-9-10-11-12-13-14-15-17-16(18(2)3)19(4)5/h6-15H2,1-5H3.